The van der Waals surface area contributed by atoms with Crippen LogP contribution < -0.4 is 10.6 Å². The number of hydrogen-bond donors (Lipinski definition) is 2. The standard InChI is InChI=1S/C22H26N6O/c29-21(28-22-6-13-3-14(7-22)5-15(4-13)8-22)19-20(26-17-9-23-12-24-10-17)25-11-18(27-19)16-1-2-16/h9-16H,1-8H2,(H,25,26)(H,28,29). The number of aromatic nitrogens is 4. The Balaban J connectivity index is 1.30. The third kappa shape index (κ3) is 3.26. The highest BCUT2D eigenvalue weighted by atomic mass is 16.2. The second-order valence-electron chi connectivity index (χ2n) is 9.67. The van der Waals surface area contributed by atoms with Gasteiger partial charge in [0.15, 0.2) is 11.5 Å². The van der Waals surface area contributed by atoms with Crippen molar-refractivity contribution in [1.29, 1.82) is 0 Å². The van der Waals surface area contributed by atoms with Crippen LogP contribution in [-0.2, 0) is 0 Å². The fourth-order valence-electron chi connectivity index (χ4n) is 6.29. The van der Waals surface area contributed by atoms with Crippen molar-refractivity contribution in [3.05, 3.63) is 36.3 Å². The molecule has 5 saturated carbocycles. The normalized spacial score (nSPS) is 32.2. The molecule has 0 unspecified atom stereocenters. The van der Waals surface area contributed by atoms with Gasteiger partial charge in [0.1, 0.15) is 6.33 Å². The number of hydrogen-bond acceptors (Lipinski definition) is 6. The lowest BCUT2D eigenvalue weighted by molar-refractivity contribution is -0.0167. The van der Waals surface area contributed by atoms with Gasteiger partial charge in [-0.15, -0.1) is 0 Å². The molecule has 0 aliphatic heterocycles. The molecule has 0 atom stereocenters. The number of carbonyl (C=O) groups excluding carboxylic acids is 1. The van der Waals surface area contributed by atoms with Gasteiger partial charge in [-0.2, -0.15) is 0 Å². The third-order valence-electron chi connectivity index (χ3n) is 7.24. The average molecular weight is 390 g/mol. The van der Waals surface area contributed by atoms with Crippen molar-refractivity contribution in [2.24, 2.45) is 17.8 Å². The van der Waals surface area contributed by atoms with Gasteiger partial charge in [-0.25, -0.2) is 19.9 Å². The lowest BCUT2D eigenvalue weighted by atomic mass is 9.53. The molecule has 5 aliphatic carbocycles. The summed E-state index contributed by atoms with van der Waals surface area (Å²) in [7, 11) is 0. The summed E-state index contributed by atoms with van der Waals surface area (Å²) in [5.74, 6) is 3.17. The van der Waals surface area contributed by atoms with E-state index in [4.69, 9.17) is 4.98 Å². The SMILES string of the molecule is O=C(NC12CC3CC(CC(C3)C1)C2)c1nc(C2CC2)cnc1Nc1cncnc1. The molecule has 7 nitrogen and oxygen atoms in total. The molecule has 2 N–H and O–H groups in total. The van der Waals surface area contributed by atoms with E-state index in [0.29, 0.717) is 23.1 Å². The maximum Gasteiger partial charge on any atom is 0.274 e. The Morgan fingerprint density at radius 2 is 1.62 bits per heavy atom. The predicted molar refractivity (Wildman–Crippen MR) is 108 cm³/mol. The van der Waals surface area contributed by atoms with E-state index in [2.05, 4.69) is 25.6 Å². The molecule has 7 heteroatoms. The number of rotatable bonds is 5. The summed E-state index contributed by atoms with van der Waals surface area (Å²) in [6.45, 7) is 0. The fraction of sp³-hybridized carbons (Fsp3) is 0.591. The van der Waals surface area contributed by atoms with Gasteiger partial charge in [-0.05, 0) is 69.1 Å². The highest BCUT2D eigenvalue weighted by Crippen LogP contribution is 2.55. The summed E-state index contributed by atoms with van der Waals surface area (Å²) in [5, 5.41) is 6.63. The van der Waals surface area contributed by atoms with Crippen LogP contribution in [0.2, 0.25) is 0 Å². The van der Waals surface area contributed by atoms with Crippen LogP contribution in [0.4, 0.5) is 11.5 Å². The van der Waals surface area contributed by atoms with Gasteiger partial charge in [-0.1, -0.05) is 0 Å². The molecule has 29 heavy (non-hydrogen) atoms. The summed E-state index contributed by atoms with van der Waals surface area (Å²) in [5.41, 5.74) is 1.98. The summed E-state index contributed by atoms with van der Waals surface area (Å²) in [4.78, 5) is 30.8. The van der Waals surface area contributed by atoms with Crippen molar-refractivity contribution in [1.82, 2.24) is 25.3 Å². The Kier molecular flexibility index (Phi) is 3.86. The number of nitrogens with zero attached hydrogens (tertiary/aromatic N) is 4. The maximum absolute atomic E-state index is 13.5. The number of amides is 1. The zero-order chi connectivity index (χ0) is 19.4. The van der Waals surface area contributed by atoms with Crippen LogP contribution in [0.1, 0.15) is 73.5 Å². The van der Waals surface area contributed by atoms with Crippen molar-refractivity contribution < 1.29 is 4.79 Å². The summed E-state index contributed by atoms with van der Waals surface area (Å²) >= 11 is 0. The molecule has 2 aromatic rings. The summed E-state index contributed by atoms with van der Waals surface area (Å²) in [6, 6.07) is 0. The molecular weight excluding hydrogens is 364 g/mol. The molecule has 0 radical (unpaired) electrons. The smallest absolute Gasteiger partial charge is 0.274 e. The molecule has 1 amide bonds. The highest BCUT2D eigenvalue weighted by Gasteiger charge is 2.51. The topological polar surface area (TPSA) is 92.7 Å². The second-order valence-corrected chi connectivity index (χ2v) is 9.67. The molecule has 150 valence electrons. The largest absolute Gasteiger partial charge is 0.345 e. The van der Waals surface area contributed by atoms with Crippen LogP contribution in [0, 0.1) is 17.8 Å². The minimum Gasteiger partial charge on any atom is -0.345 e. The molecule has 2 heterocycles. The maximum atomic E-state index is 13.5. The van der Waals surface area contributed by atoms with E-state index in [1.807, 2.05) is 0 Å². The lowest BCUT2D eigenvalue weighted by Crippen LogP contribution is -2.60. The first kappa shape index (κ1) is 17.3. The molecule has 0 saturated heterocycles. The van der Waals surface area contributed by atoms with Gasteiger partial charge >= 0.3 is 0 Å². The zero-order valence-electron chi connectivity index (χ0n) is 16.5. The summed E-state index contributed by atoms with van der Waals surface area (Å²) < 4.78 is 0. The Morgan fingerprint density at radius 3 is 2.24 bits per heavy atom. The number of carbonyl (C=O) groups is 1. The Labute approximate surface area is 170 Å². The fourth-order valence-corrected chi connectivity index (χ4v) is 6.29. The second kappa shape index (κ2) is 6.47. The Hall–Kier alpha value is -2.57. The van der Waals surface area contributed by atoms with E-state index < -0.39 is 0 Å². The number of nitrogens with one attached hydrogen (secondary N) is 2. The van der Waals surface area contributed by atoms with Gasteiger partial charge < -0.3 is 10.6 Å². The van der Waals surface area contributed by atoms with Crippen molar-refractivity contribution in [2.75, 3.05) is 5.32 Å². The van der Waals surface area contributed by atoms with E-state index in [-0.39, 0.29) is 11.4 Å². The van der Waals surface area contributed by atoms with Crippen molar-refractivity contribution in [3.63, 3.8) is 0 Å². The van der Waals surface area contributed by atoms with Gasteiger partial charge in [0.25, 0.3) is 5.91 Å². The molecule has 0 aromatic carbocycles. The van der Waals surface area contributed by atoms with Crippen LogP contribution in [0.5, 0.6) is 0 Å². The van der Waals surface area contributed by atoms with Crippen molar-refractivity contribution in [2.45, 2.75) is 62.8 Å². The predicted octanol–water partition coefficient (Wildman–Crippen LogP) is 3.59. The van der Waals surface area contributed by atoms with Crippen molar-refractivity contribution in [3.8, 4) is 0 Å². The molecule has 5 fully saturated rings. The first-order valence-corrected chi connectivity index (χ1v) is 10.9. The van der Waals surface area contributed by atoms with Gasteiger partial charge in [0.05, 0.1) is 30.0 Å². The van der Waals surface area contributed by atoms with E-state index in [0.717, 1.165) is 55.6 Å². The minimum absolute atomic E-state index is 0.0454. The van der Waals surface area contributed by atoms with Crippen LogP contribution in [0.15, 0.2) is 24.9 Å². The minimum atomic E-state index is -0.0960. The van der Waals surface area contributed by atoms with Crippen LogP contribution >= 0.6 is 0 Å². The van der Waals surface area contributed by atoms with Crippen molar-refractivity contribution >= 4 is 17.4 Å². The highest BCUT2D eigenvalue weighted by molar-refractivity contribution is 5.98. The van der Waals surface area contributed by atoms with E-state index in [1.165, 1.54) is 25.6 Å². The van der Waals surface area contributed by atoms with Gasteiger partial charge in [0, 0.05) is 11.5 Å². The first-order chi connectivity index (χ1) is 14.2. The molecule has 5 aliphatic rings. The molecular formula is C22H26N6O. The van der Waals surface area contributed by atoms with E-state index in [9.17, 15) is 4.79 Å². The molecule has 2 aromatic heterocycles. The van der Waals surface area contributed by atoms with Crippen LogP contribution in [-0.4, -0.2) is 31.4 Å². The lowest BCUT2D eigenvalue weighted by Gasteiger charge is -2.56. The Bertz CT molecular complexity index is 906. The third-order valence-corrected chi connectivity index (χ3v) is 7.24. The monoisotopic (exact) mass is 390 g/mol. The van der Waals surface area contributed by atoms with E-state index in [1.54, 1.807) is 18.6 Å². The first-order valence-electron chi connectivity index (χ1n) is 10.9. The van der Waals surface area contributed by atoms with Gasteiger partial charge in [-0.3, -0.25) is 4.79 Å². The summed E-state index contributed by atoms with van der Waals surface area (Å²) in [6.07, 6.45) is 16.3. The van der Waals surface area contributed by atoms with Crippen LogP contribution in [0.3, 0.4) is 0 Å². The van der Waals surface area contributed by atoms with Gasteiger partial charge in [0.2, 0.25) is 0 Å². The van der Waals surface area contributed by atoms with E-state index >= 15 is 0 Å². The zero-order valence-corrected chi connectivity index (χ0v) is 16.5. The Morgan fingerprint density at radius 1 is 0.966 bits per heavy atom. The quantitative estimate of drug-likeness (QED) is 0.811. The number of anilines is 2. The molecule has 7 rings (SSSR count). The molecule has 0 spiro atoms. The molecule has 4 bridgehead atoms. The van der Waals surface area contributed by atoms with Crippen LogP contribution in [0.25, 0.3) is 0 Å². The average Bonchev–Trinajstić information content (AvgIpc) is 3.53.